The van der Waals surface area contributed by atoms with Crippen molar-refractivity contribution in [2.45, 2.75) is 38.4 Å². The molecule has 2 heterocycles. The summed E-state index contributed by atoms with van der Waals surface area (Å²) in [5.41, 5.74) is 2.96. The summed E-state index contributed by atoms with van der Waals surface area (Å²) in [6.45, 7) is 6.55. The minimum absolute atomic E-state index is 0.190. The highest BCUT2D eigenvalue weighted by atomic mass is 32.2. The molecule has 1 N–H and O–H groups in total. The van der Waals surface area contributed by atoms with Crippen molar-refractivity contribution in [3.05, 3.63) is 23.5 Å². The average Bonchev–Trinajstić information content (AvgIpc) is 2.87. The predicted octanol–water partition coefficient (Wildman–Crippen LogP) is 1.96. The maximum atomic E-state index is 12.2. The molecule has 0 radical (unpaired) electrons. The predicted molar refractivity (Wildman–Crippen MR) is 81.5 cm³/mol. The van der Waals surface area contributed by atoms with E-state index in [0.29, 0.717) is 13.1 Å². The molecule has 112 valence electrons. The molecule has 0 spiro atoms. The fourth-order valence-corrected chi connectivity index (χ4v) is 3.89. The summed E-state index contributed by atoms with van der Waals surface area (Å²) in [4.78, 5) is 4.56. The molecule has 1 saturated heterocycles. The summed E-state index contributed by atoms with van der Waals surface area (Å²) in [6, 6.07) is 4.00. The third kappa shape index (κ3) is 2.96. The van der Waals surface area contributed by atoms with Crippen molar-refractivity contribution >= 4 is 15.7 Å². The van der Waals surface area contributed by atoms with Crippen molar-refractivity contribution in [2.24, 2.45) is 0 Å². The van der Waals surface area contributed by atoms with E-state index < -0.39 is 10.0 Å². The molecule has 0 unspecified atom stereocenters. The van der Waals surface area contributed by atoms with Crippen LogP contribution in [0.25, 0.3) is 0 Å². The van der Waals surface area contributed by atoms with Gasteiger partial charge in [-0.2, -0.15) is 0 Å². The van der Waals surface area contributed by atoms with E-state index in [4.69, 9.17) is 0 Å². The first-order valence-corrected chi connectivity index (χ1v) is 8.50. The van der Waals surface area contributed by atoms with Gasteiger partial charge in [0.2, 0.25) is 10.0 Å². The molecule has 0 amide bonds. The minimum Gasteiger partial charge on any atom is -0.388 e. The van der Waals surface area contributed by atoms with Gasteiger partial charge in [0, 0.05) is 43.1 Å². The Balaban J connectivity index is 2.20. The van der Waals surface area contributed by atoms with E-state index >= 15 is 0 Å². The first-order valence-electron chi connectivity index (χ1n) is 7.00. The van der Waals surface area contributed by atoms with Crippen molar-refractivity contribution in [2.75, 3.05) is 25.5 Å². The van der Waals surface area contributed by atoms with E-state index in [-0.39, 0.29) is 11.2 Å². The van der Waals surface area contributed by atoms with Gasteiger partial charge in [0.25, 0.3) is 0 Å². The van der Waals surface area contributed by atoms with Crippen LogP contribution >= 0.6 is 0 Å². The lowest BCUT2D eigenvalue weighted by molar-refractivity contribution is 0.465. The molecule has 1 aliphatic heterocycles. The van der Waals surface area contributed by atoms with Crippen LogP contribution in [0.4, 0.5) is 5.69 Å². The lowest BCUT2D eigenvalue weighted by atomic mass is 10.0. The molecule has 20 heavy (non-hydrogen) atoms. The van der Waals surface area contributed by atoms with Crippen LogP contribution in [-0.4, -0.2) is 43.1 Å². The van der Waals surface area contributed by atoms with E-state index in [0.717, 1.165) is 23.5 Å². The third-order valence-electron chi connectivity index (χ3n) is 3.79. The first-order chi connectivity index (χ1) is 9.34. The molecule has 0 bridgehead atoms. The molecule has 0 aromatic carbocycles. The Morgan fingerprint density at radius 3 is 2.70 bits per heavy atom. The largest absolute Gasteiger partial charge is 0.388 e. The van der Waals surface area contributed by atoms with E-state index in [9.17, 15) is 8.42 Å². The molecular formula is C14H23N3O2S. The SMILES string of the molecule is CNc1cc(C)nc([C@H]2CCN(S(=O)(=O)C(C)C)C2)c1. The highest BCUT2D eigenvalue weighted by molar-refractivity contribution is 7.89. The summed E-state index contributed by atoms with van der Waals surface area (Å²) in [5, 5.41) is 2.76. The van der Waals surface area contributed by atoms with Gasteiger partial charge >= 0.3 is 0 Å². The van der Waals surface area contributed by atoms with Crippen LogP contribution in [0.15, 0.2) is 12.1 Å². The molecule has 0 aliphatic carbocycles. The topological polar surface area (TPSA) is 62.3 Å². The summed E-state index contributed by atoms with van der Waals surface area (Å²) in [7, 11) is -1.28. The normalized spacial score (nSPS) is 20.6. The lowest BCUT2D eigenvalue weighted by Crippen LogP contribution is -2.34. The lowest BCUT2D eigenvalue weighted by Gasteiger charge is -2.19. The van der Waals surface area contributed by atoms with Crippen molar-refractivity contribution in [3.63, 3.8) is 0 Å². The second-order valence-corrected chi connectivity index (χ2v) is 8.10. The highest BCUT2D eigenvalue weighted by Crippen LogP contribution is 2.30. The highest BCUT2D eigenvalue weighted by Gasteiger charge is 2.34. The molecule has 1 aliphatic rings. The van der Waals surface area contributed by atoms with Crippen LogP contribution in [-0.2, 0) is 10.0 Å². The van der Waals surface area contributed by atoms with Gasteiger partial charge in [-0.15, -0.1) is 0 Å². The number of hydrogen-bond donors (Lipinski definition) is 1. The summed E-state index contributed by atoms with van der Waals surface area (Å²) in [5.74, 6) is 0.190. The van der Waals surface area contributed by atoms with Crippen LogP contribution in [0.1, 0.15) is 37.6 Å². The Morgan fingerprint density at radius 1 is 1.40 bits per heavy atom. The maximum absolute atomic E-state index is 12.2. The first kappa shape index (κ1) is 15.3. The van der Waals surface area contributed by atoms with Gasteiger partial charge in [-0.05, 0) is 39.3 Å². The van der Waals surface area contributed by atoms with Gasteiger partial charge in [-0.1, -0.05) is 0 Å². The van der Waals surface area contributed by atoms with Gasteiger partial charge in [0.05, 0.1) is 5.25 Å². The van der Waals surface area contributed by atoms with Crippen molar-refractivity contribution < 1.29 is 8.42 Å². The Labute approximate surface area is 121 Å². The van der Waals surface area contributed by atoms with Gasteiger partial charge in [-0.3, -0.25) is 4.98 Å². The van der Waals surface area contributed by atoms with Crippen molar-refractivity contribution in [1.29, 1.82) is 0 Å². The number of aryl methyl sites for hydroxylation is 1. The fraction of sp³-hybridized carbons (Fsp3) is 0.643. The number of pyridine rings is 1. The van der Waals surface area contributed by atoms with E-state index in [1.54, 1.807) is 18.2 Å². The maximum Gasteiger partial charge on any atom is 0.216 e. The Kier molecular flexibility index (Phi) is 4.34. The summed E-state index contributed by atoms with van der Waals surface area (Å²) < 4.78 is 26.0. The van der Waals surface area contributed by atoms with Gasteiger partial charge in [0.1, 0.15) is 0 Å². The molecule has 0 saturated carbocycles. The van der Waals surface area contributed by atoms with Crippen LogP contribution in [0.3, 0.4) is 0 Å². The number of sulfonamides is 1. The average molecular weight is 297 g/mol. The van der Waals surface area contributed by atoms with E-state index in [1.165, 1.54) is 0 Å². The van der Waals surface area contributed by atoms with Gasteiger partial charge in [-0.25, -0.2) is 12.7 Å². The van der Waals surface area contributed by atoms with Gasteiger partial charge < -0.3 is 5.32 Å². The minimum atomic E-state index is -3.15. The Hall–Kier alpha value is -1.14. The van der Waals surface area contributed by atoms with E-state index in [1.807, 2.05) is 26.1 Å². The number of nitrogens with one attached hydrogen (secondary N) is 1. The number of anilines is 1. The van der Waals surface area contributed by atoms with Crippen molar-refractivity contribution in [3.8, 4) is 0 Å². The molecule has 1 atom stereocenters. The molecular weight excluding hydrogens is 274 g/mol. The van der Waals surface area contributed by atoms with Crippen LogP contribution < -0.4 is 5.32 Å². The van der Waals surface area contributed by atoms with Crippen LogP contribution in [0.2, 0.25) is 0 Å². The number of hydrogen-bond acceptors (Lipinski definition) is 4. The summed E-state index contributed by atoms with van der Waals surface area (Å²) in [6.07, 6.45) is 0.839. The Morgan fingerprint density at radius 2 is 2.10 bits per heavy atom. The smallest absolute Gasteiger partial charge is 0.216 e. The molecule has 1 aromatic heterocycles. The summed E-state index contributed by atoms with van der Waals surface area (Å²) >= 11 is 0. The second-order valence-electron chi connectivity index (χ2n) is 5.61. The Bertz CT molecular complexity index is 584. The zero-order valence-corrected chi connectivity index (χ0v) is 13.4. The molecule has 2 rings (SSSR count). The van der Waals surface area contributed by atoms with Crippen LogP contribution in [0, 0.1) is 6.92 Å². The molecule has 1 aromatic rings. The molecule has 1 fully saturated rings. The number of rotatable bonds is 4. The quantitative estimate of drug-likeness (QED) is 0.923. The zero-order chi connectivity index (χ0) is 14.9. The zero-order valence-electron chi connectivity index (χ0n) is 12.5. The molecule has 5 nitrogen and oxygen atoms in total. The standard InChI is InChI=1S/C14H23N3O2S/c1-10(2)20(18,19)17-6-5-12(9-17)14-8-13(15-4)7-11(3)16-14/h7-8,10,12H,5-6,9H2,1-4H3,(H,15,16)/t12-/m0/s1. The van der Waals surface area contributed by atoms with E-state index in [2.05, 4.69) is 10.3 Å². The van der Waals surface area contributed by atoms with Gasteiger partial charge in [0.15, 0.2) is 0 Å². The number of nitrogens with zero attached hydrogens (tertiary/aromatic N) is 2. The fourth-order valence-electron chi connectivity index (χ4n) is 2.55. The third-order valence-corrected chi connectivity index (χ3v) is 6.03. The van der Waals surface area contributed by atoms with Crippen LogP contribution in [0.5, 0.6) is 0 Å². The second kappa shape index (κ2) is 5.69. The monoisotopic (exact) mass is 297 g/mol. The molecule has 6 heteroatoms. The number of aromatic nitrogens is 1. The van der Waals surface area contributed by atoms with Crippen molar-refractivity contribution in [1.82, 2.24) is 9.29 Å².